The third kappa shape index (κ3) is 3.44. The van der Waals surface area contributed by atoms with Crippen LogP contribution in [0.2, 0.25) is 0 Å². The lowest BCUT2D eigenvalue weighted by Gasteiger charge is -2.12. The second-order valence-corrected chi connectivity index (χ2v) is 7.01. The van der Waals surface area contributed by atoms with Gasteiger partial charge in [0.1, 0.15) is 12.4 Å². The average Bonchev–Trinajstić information content (AvgIpc) is 3.10. The van der Waals surface area contributed by atoms with Gasteiger partial charge in [0.25, 0.3) is 0 Å². The van der Waals surface area contributed by atoms with E-state index in [1.165, 1.54) is 5.56 Å². The van der Waals surface area contributed by atoms with E-state index in [2.05, 4.69) is 44.2 Å². The highest BCUT2D eigenvalue weighted by atomic mass is 16.5. The first-order chi connectivity index (χ1) is 13.7. The fraction of sp³-hybridized carbons (Fsp3) is 0.160. The minimum Gasteiger partial charge on any atom is -0.489 e. The van der Waals surface area contributed by atoms with Crippen LogP contribution in [0.15, 0.2) is 72.9 Å². The molecule has 0 aliphatic rings. The molecule has 3 nitrogen and oxygen atoms in total. The lowest BCUT2D eigenvalue weighted by molar-refractivity contribution is 0.111. The fourth-order valence-corrected chi connectivity index (χ4v) is 3.56. The molecule has 4 rings (SSSR count). The molecule has 0 saturated carbocycles. The highest BCUT2D eigenvalue weighted by molar-refractivity contribution is 5.90. The van der Waals surface area contributed by atoms with E-state index in [-0.39, 0.29) is 0 Å². The number of carbonyl (C=O) groups excluding carboxylic acids is 1. The van der Waals surface area contributed by atoms with Crippen molar-refractivity contribution in [1.82, 2.24) is 4.40 Å². The number of fused-ring (bicyclic) bond motifs is 1. The van der Waals surface area contributed by atoms with Crippen molar-refractivity contribution in [3.8, 4) is 16.9 Å². The fourth-order valence-electron chi connectivity index (χ4n) is 3.56. The molecule has 0 aliphatic heterocycles. The number of benzene rings is 2. The second-order valence-electron chi connectivity index (χ2n) is 7.01. The molecule has 0 saturated heterocycles. The summed E-state index contributed by atoms with van der Waals surface area (Å²) in [7, 11) is 0. The standard InChI is InChI=1S/C25H23NO2/c1-3-20-14-21(9-10-25(20)28-17-19-7-5-4-6-8-19)23-15-22-13-18(2)11-12-26(22)24(23)16-27/h4-16H,3,17H2,1-2H3. The van der Waals surface area contributed by atoms with Crippen molar-refractivity contribution < 1.29 is 9.53 Å². The zero-order chi connectivity index (χ0) is 19.5. The van der Waals surface area contributed by atoms with Gasteiger partial charge in [-0.1, -0.05) is 43.3 Å². The number of rotatable bonds is 6. The number of carbonyl (C=O) groups is 1. The molecule has 0 radical (unpaired) electrons. The summed E-state index contributed by atoms with van der Waals surface area (Å²) in [6.45, 7) is 4.72. The molecule has 0 fully saturated rings. The molecule has 0 aliphatic carbocycles. The Morgan fingerprint density at radius 1 is 1.00 bits per heavy atom. The van der Waals surface area contributed by atoms with E-state index in [0.29, 0.717) is 12.3 Å². The van der Waals surface area contributed by atoms with Crippen LogP contribution in [0.25, 0.3) is 16.6 Å². The predicted octanol–water partition coefficient (Wildman–Crippen LogP) is 5.87. The van der Waals surface area contributed by atoms with Crippen LogP contribution in [-0.4, -0.2) is 10.7 Å². The minimum atomic E-state index is 0.544. The van der Waals surface area contributed by atoms with Gasteiger partial charge in [0.2, 0.25) is 0 Å². The van der Waals surface area contributed by atoms with Crippen LogP contribution in [0.4, 0.5) is 0 Å². The molecule has 2 heterocycles. The summed E-state index contributed by atoms with van der Waals surface area (Å²) in [6.07, 6.45) is 3.75. The zero-order valence-corrected chi connectivity index (χ0v) is 16.2. The number of aldehydes is 1. The van der Waals surface area contributed by atoms with E-state index in [1.807, 2.05) is 47.0 Å². The van der Waals surface area contributed by atoms with Crippen molar-refractivity contribution in [2.75, 3.05) is 0 Å². The maximum atomic E-state index is 11.8. The van der Waals surface area contributed by atoms with Crippen LogP contribution in [0.5, 0.6) is 5.75 Å². The SMILES string of the molecule is CCc1cc(-c2cc3cc(C)ccn3c2C=O)ccc1OCc1ccccc1. The van der Waals surface area contributed by atoms with Gasteiger partial charge in [-0.2, -0.15) is 0 Å². The van der Waals surface area contributed by atoms with Gasteiger partial charge in [-0.25, -0.2) is 0 Å². The Labute approximate surface area is 165 Å². The molecule has 3 heteroatoms. The van der Waals surface area contributed by atoms with E-state index in [4.69, 9.17) is 4.74 Å². The van der Waals surface area contributed by atoms with Crippen LogP contribution in [0.3, 0.4) is 0 Å². The van der Waals surface area contributed by atoms with Crippen LogP contribution in [0, 0.1) is 6.92 Å². The third-order valence-electron chi connectivity index (χ3n) is 5.07. The van der Waals surface area contributed by atoms with E-state index >= 15 is 0 Å². The quantitative estimate of drug-likeness (QED) is 0.398. The van der Waals surface area contributed by atoms with Gasteiger partial charge < -0.3 is 9.14 Å². The molecule has 0 atom stereocenters. The Morgan fingerprint density at radius 2 is 1.82 bits per heavy atom. The predicted molar refractivity (Wildman–Crippen MR) is 113 cm³/mol. The smallest absolute Gasteiger partial charge is 0.167 e. The summed E-state index contributed by atoms with van der Waals surface area (Å²) in [5, 5.41) is 0. The van der Waals surface area contributed by atoms with Gasteiger partial charge in [0.15, 0.2) is 6.29 Å². The van der Waals surface area contributed by atoms with Crippen LogP contribution in [0.1, 0.15) is 34.1 Å². The number of nitrogens with zero attached hydrogens (tertiary/aromatic N) is 1. The molecule has 140 valence electrons. The summed E-state index contributed by atoms with van der Waals surface area (Å²) in [4.78, 5) is 11.8. The second kappa shape index (κ2) is 7.73. The topological polar surface area (TPSA) is 30.7 Å². The molecule has 0 N–H and O–H groups in total. The van der Waals surface area contributed by atoms with Gasteiger partial charge in [0.05, 0.1) is 5.69 Å². The molecule has 0 bridgehead atoms. The Morgan fingerprint density at radius 3 is 2.57 bits per heavy atom. The number of ether oxygens (including phenoxy) is 1. The maximum absolute atomic E-state index is 11.8. The molecular weight excluding hydrogens is 346 g/mol. The summed E-state index contributed by atoms with van der Waals surface area (Å²) in [5.74, 6) is 0.891. The minimum absolute atomic E-state index is 0.544. The van der Waals surface area contributed by atoms with Crippen molar-refractivity contribution in [2.24, 2.45) is 0 Å². The van der Waals surface area contributed by atoms with Crippen molar-refractivity contribution in [3.05, 3.63) is 95.3 Å². The van der Waals surface area contributed by atoms with Crippen molar-refractivity contribution in [1.29, 1.82) is 0 Å². The van der Waals surface area contributed by atoms with Crippen molar-refractivity contribution in [3.63, 3.8) is 0 Å². The van der Waals surface area contributed by atoms with E-state index in [9.17, 15) is 4.79 Å². The van der Waals surface area contributed by atoms with Crippen LogP contribution >= 0.6 is 0 Å². The molecule has 0 unspecified atom stereocenters. The Bertz CT molecular complexity index is 1130. The maximum Gasteiger partial charge on any atom is 0.167 e. The molecular formula is C25H23NO2. The third-order valence-corrected chi connectivity index (χ3v) is 5.07. The highest BCUT2D eigenvalue weighted by Crippen LogP contribution is 2.31. The van der Waals surface area contributed by atoms with Crippen molar-refractivity contribution in [2.45, 2.75) is 26.9 Å². The number of aromatic nitrogens is 1. The Kier molecular flexibility index (Phi) is 4.98. The average molecular weight is 369 g/mol. The van der Waals surface area contributed by atoms with Gasteiger partial charge in [-0.3, -0.25) is 4.79 Å². The molecule has 28 heavy (non-hydrogen) atoms. The summed E-state index contributed by atoms with van der Waals surface area (Å²) in [5.41, 5.74) is 7.14. The number of hydrogen-bond donors (Lipinski definition) is 0. The van der Waals surface area contributed by atoms with Crippen LogP contribution < -0.4 is 4.74 Å². The Hall–Kier alpha value is -3.33. The zero-order valence-electron chi connectivity index (χ0n) is 16.2. The van der Waals surface area contributed by atoms with Crippen LogP contribution in [-0.2, 0) is 13.0 Å². The molecule has 2 aromatic carbocycles. The van der Waals surface area contributed by atoms with Gasteiger partial charge >= 0.3 is 0 Å². The van der Waals surface area contributed by atoms with E-state index < -0.39 is 0 Å². The van der Waals surface area contributed by atoms with Gasteiger partial charge in [-0.05, 0) is 65.9 Å². The molecule has 0 amide bonds. The molecule has 0 spiro atoms. The summed E-state index contributed by atoms with van der Waals surface area (Å²) >= 11 is 0. The molecule has 4 aromatic rings. The van der Waals surface area contributed by atoms with Gasteiger partial charge in [-0.15, -0.1) is 0 Å². The highest BCUT2D eigenvalue weighted by Gasteiger charge is 2.13. The molecule has 2 aromatic heterocycles. The number of hydrogen-bond acceptors (Lipinski definition) is 2. The number of aryl methyl sites for hydroxylation is 2. The van der Waals surface area contributed by atoms with Gasteiger partial charge in [0, 0.05) is 17.3 Å². The normalized spacial score (nSPS) is 10.9. The first-order valence-electron chi connectivity index (χ1n) is 9.56. The monoisotopic (exact) mass is 369 g/mol. The number of pyridine rings is 1. The first kappa shape index (κ1) is 18.1. The summed E-state index contributed by atoms with van der Waals surface area (Å²) in [6, 6.07) is 22.5. The largest absolute Gasteiger partial charge is 0.489 e. The van der Waals surface area contributed by atoms with E-state index in [0.717, 1.165) is 46.2 Å². The first-order valence-corrected chi connectivity index (χ1v) is 9.56. The lowest BCUT2D eigenvalue weighted by atomic mass is 10.0. The van der Waals surface area contributed by atoms with E-state index in [1.54, 1.807) is 0 Å². The Balaban J connectivity index is 1.69. The van der Waals surface area contributed by atoms with Crippen molar-refractivity contribution >= 4 is 11.8 Å². The lowest BCUT2D eigenvalue weighted by Crippen LogP contribution is -1.99. The summed E-state index contributed by atoms with van der Waals surface area (Å²) < 4.78 is 8.01.